The normalized spacial score (nSPS) is 13.1. The van der Waals surface area contributed by atoms with Crippen LogP contribution >= 0.6 is 0 Å². The lowest BCUT2D eigenvalue weighted by atomic mass is 9.85. The number of benzene rings is 1. The maximum atomic E-state index is 12.9. The summed E-state index contributed by atoms with van der Waals surface area (Å²) >= 11 is 0. The highest BCUT2D eigenvalue weighted by Gasteiger charge is 2.18. The van der Waals surface area contributed by atoms with Crippen molar-refractivity contribution >= 4 is 5.69 Å². The van der Waals surface area contributed by atoms with E-state index in [1.807, 2.05) is 19.1 Å². The highest BCUT2D eigenvalue weighted by Crippen LogP contribution is 2.31. The predicted molar refractivity (Wildman–Crippen MR) is 81.4 cm³/mol. The second-order valence-electron chi connectivity index (χ2n) is 6.06. The van der Waals surface area contributed by atoms with Gasteiger partial charge in [-0.2, -0.15) is 0 Å². The van der Waals surface area contributed by atoms with E-state index in [0.29, 0.717) is 0 Å². The van der Waals surface area contributed by atoms with Crippen molar-refractivity contribution in [3.8, 4) is 0 Å². The van der Waals surface area contributed by atoms with Gasteiger partial charge in [0.2, 0.25) is 0 Å². The number of hydrogen-bond donors (Lipinski definition) is 1. The molecule has 1 aromatic carbocycles. The third-order valence-electron chi connectivity index (χ3n) is 3.30. The van der Waals surface area contributed by atoms with Gasteiger partial charge in [0.15, 0.2) is 0 Å². The van der Waals surface area contributed by atoms with Crippen LogP contribution in [0.25, 0.3) is 0 Å². The van der Waals surface area contributed by atoms with Crippen LogP contribution in [0.4, 0.5) is 10.1 Å². The average molecular weight is 272 g/mol. The van der Waals surface area contributed by atoms with Gasteiger partial charge in [-0.1, -0.05) is 39.0 Å². The zero-order valence-electron chi connectivity index (χ0n) is 12.4. The number of halogens is 1. The van der Waals surface area contributed by atoms with E-state index in [1.165, 1.54) is 17.8 Å². The van der Waals surface area contributed by atoms with Crippen LogP contribution < -0.4 is 5.32 Å². The topological polar surface area (TPSA) is 24.9 Å². The maximum absolute atomic E-state index is 12.9. The molecular formula is C17H21FN2. The van der Waals surface area contributed by atoms with Crippen LogP contribution in [0.15, 0.2) is 42.6 Å². The molecule has 1 unspecified atom stereocenters. The van der Waals surface area contributed by atoms with Gasteiger partial charge in [-0.05, 0) is 36.1 Å². The van der Waals surface area contributed by atoms with E-state index in [-0.39, 0.29) is 17.3 Å². The predicted octanol–water partition coefficient (Wildman–Crippen LogP) is 4.69. The summed E-state index contributed by atoms with van der Waals surface area (Å²) in [5.41, 5.74) is 3.25. The molecule has 0 aliphatic rings. The lowest BCUT2D eigenvalue weighted by molar-refractivity contribution is 0.590. The molecule has 0 amide bonds. The van der Waals surface area contributed by atoms with Gasteiger partial charge < -0.3 is 5.32 Å². The third-order valence-corrected chi connectivity index (χ3v) is 3.30. The summed E-state index contributed by atoms with van der Waals surface area (Å²) in [6, 6.07) is 11.4. The first-order valence-electron chi connectivity index (χ1n) is 6.85. The van der Waals surface area contributed by atoms with E-state index in [9.17, 15) is 4.39 Å². The van der Waals surface area contributed by atoms with Crippen molar-refractivity contribution in [2.24, 2.45) is 0 Å². The van der Waals surface area contributed by atoms with E-state index in [0.717, 1.165) is 11.4 Å². The molecule has 1 heterocycles. The van der Waals surface area contributed by atoms with E-state index in [2.05, 4.69) is 43.2 Å². The molecule has 2 aromatic rings. The van der Waals surface area contributed by atoms with Gasteiger partial charge in [0.05, 0.1) is 17.9 Å². The van der Waals surface area contributed by atoms with Crippen molar-refractivity contribution in [2.45, 2.75) is 39.2 Å². The molecule has 3 heteroatoms. The van der Waals surface area contributed by atoms with Gasteiger partial charge in [-0.3, -0.25) is 4.98 Å². The maximum Gasteiger partial charge on any atom is 0.141 e. The Bertz CT molecular complexity index is 570. The molecule has 0 saturated carbocycles. The summed E-state index contributed by atoms with van der Waals surface area (Å²) in [5.74, 6) is -0.309. The molecule has 0 spiro atoms. The number of rotatable bonds is 3. The molecule has 2 nitrogen and oxygen atoms in total. The number of anilines is 1. The standard InChI is InChI=1S/C17H21FN2/c1-12(15-10-9-13(18)11-19-15)20-16-8-6-5-7-14(16)17(2,3)4/h5-12,20H,1-4H3. The minimum atomic E-state index is -0.309. The second-order valence-corrected chi connectivity index (χ2v) is 6.06. The number of aromatic nitrogens is 1. The Labute approximate surface area is 120 Å². The van der Waals surface area contributed by atoms with Crippen molar-refractivity contribution < 1.29 is 4.39 Å². The summed E-state index contributed by atoms with van der Waals surface area (Å²) in [7, 11) is 0. The summed E-state index contributed by atoms with van der Waals surface area (Å²) in [6.45, 7) is 8.59. The molecule has 1 aromatic heterocycles. The number of pyridine rings is 1. The molecule has 106 valence electrons. The van der Waals surface area contributed by atoms with Crippen molar-refractivity contribution in [1.82, 2.24) is 4.98 Å². The molecule has 20 heavy (non-hydrogen) atoms. The van der Waals surface area contributed by atoms with Crippen LogP contribution in [0, 0.1) is 5.82 Å². The fourth-order valence-corrected chi connectivity index (χ4v) is 2.21. The minimum Gasteiger partial charge on any atom is -0.377 e. The van der Waals surface area contributed by atoms with Crippen molar-refractivity contribution in [3.63, 3.8) is 0 Å². The second kappa shape index (κ2) is 5.61. The minimum absolute atomic E-state index is 0.0269. The molecule has 0 bridgehead atoms. The van der Waals surface area contributed by atoms with Gasteiger partial charge in [-0.15, -0.1) is 0 Å². The van der Waals surface area contributed by atoms with Crippen LogP contribution in [0.5, 0.6) is 0 Å². The molecular weight excluding hydrogens is 251 g/mol. The molecule has 0 fully saturated rings. The third kappa shape index (κ3) is 3.35. The van der Waals surface area contributed by atoms with E-state index in [1.54, 1.807) is 6.07 Å². The Morgan fingerprint density at radius 1 is 1.10 bits per heavy atom. The highest BCUT2D eigenvalue weighted by molar-refractivity contribution is 5.55. The monoisotopic (exact) mass is 272 g/mol. The summed E-state index contributed by atoms with van der Waals surface area (Å²) in [4.78, 5) is 4.13. The lowest BCUT2D eigenvalue weighted by Gasteiger charge is -2.25. The Hall–Kier alpha value is -1.90. The molecule has 1 N–H and O–H groups in total. The van der Waals surface area contributed by atoms with E-state index < -0.39 is 0 Å². The van der Waals surface area contributed by atoms with Crippen LogP contribution in [-0.2, 0) is 5.41 Å². The number of nitrogens with zero attached hydrogens (tertiary/aromatic N) is 1. The molecule has 0 aliphatic heterocycles. The zero-order valence-corrected chi connectivity index (χ0v) is 12.4. The number of hydrogen-bond acceptors (Lipinski definition) is 2. The smallest absolute Gasteiger partial charge is 0.141 e. The van der Waals surface area contributed by atoms with E-state index in [4.69, 9.17) is 0 Å². The molecule has 2 rings (SSSR count). The zero-order chi connectivity index (χ0) is 14.8. The van der Waals surface area contributed by atoms with Crippen molar-refractivity contribution in [2.75, 3.05) is 5.32 Å². The summed E-state index contributed by atoms with van der Waals surface area (Å²) in [6.07, 6.45) is 1.25. The fraction of sp³-hybridized carbons (Fsp3) is 0.353. The van der Waals surface area contributed by atoms with Gasteiger partial charge in [0.25, 0.3) is 0 Å². The first-order chi connectivity index (χ1) is 9.38. The van der Waals surface area contributed by atoms with Crippen LogP contribution in [0.3, 0.4) is 0 Å². The fourth-order valence-electron chi connectivity index (χ4n) is 2.21. The van der Waals surface area contributed by atoms with Crippen LogP contribution in [0.1, 0.15) is 45.0 Å². The lowest BCUT2D eigenvalue weighted by Crippen LogP contribution is -2.16. The van der Waals surface area contributed by atoms with Crippen LogP contribution in [0.2, 0.25) is 0 Å². The number of nitrogens with one attached hydrogen (secondary N) is 1. The first kappa shape index (κ1) is 14.5. The van der Waals surface area contributed by atoms with Gasteiger partial charge >= 0.3 is 0 Å². The van der Waals surface area contributed by atoms with Gasteiger partial charge in [0.1, 0.15) is 5.82 Å². The Morgan fingerprint density at radius 2 is 1.80 bits per heavy atom. The summed E-state index contributed by atoms with van der Waals surface area (Å²) < 4.78 is 12.9. The largest absolute Gasteiger partial charge is 0.377 e. The Balaban J connectivity index is 2.24. The average Bonchev–Trinajstić information content (AvgIpc) is 2.38. The van der Waals surface area contributed by atoms with Gasteiger partial charge in [0, 0.05) is 5.69 Å². The Kier molecular flexibility index (Phi) is 4.07. The first-order valence-corrected chi connectivity index (χ1v) is 6.85. The van der Waals surface area contributed by atoms with Gasteiger partial charge in [-0.25, -0.2) is 4.39 Å². The number of para-hydroxylation sites is 1. The van der Waals surface area contributed by atoms with E-state index >= 15 is 0 Å². The quantitative estimate of drug-likeness (QED) is 0.876. The molecule has 0 radical (unpaired) electrons. The SMILES string of the molecule is CC(Nc1ccccc1C(C)(C)C)c1ccc(F)cn1. The highest BCUT2D eigenvalue weighted by atomic mass is 19.1. The van der Waals surface area contributed by atoms with Crippen molar-refractivity contribution in [1.29, 1.82) is 0 Å². The molecule has 0 saturated heterocycles. The summed E-state index contributed by atoms with van der Waals surface area (Å²) in [5, 5.41) is 3.47. The van der Waals surface area contributed by atoms with Crippen LogP contribution in [-0.4, -0.2) is 4.98 Å². The molecule has 0 aliphatic carbocycles. The Morgan fingerprint density at radius 3 is 2.40 bits per heavy atom. The molecule has 1 atom stereocenters. The van der Waals surface area contributed by atoms with Crippen molar-refractivity contribution in [3.05, 3.63) is 59.7 Å².